The van der Waals surface area contributed by atoms with Crippen LogP contribution in [0.5, 0.6) is 0 Å². The van der Waals surface area contributed by atoms with Crippen LogP contribution in [0.2, 0.25) is 0 Å². The van der Waals surface area contributed by atoms with Gasteiger partial charge in [-0.25, -0.2) is 0 Å². The molecule has 0 aromatic heterocycles. The molecule has 2 aliphatic rings. The molecule has 0 unspecified atom stereocenters. The van der Waals surface area contributed by atoms with Gasteiger partial charge in [-0.2, -0.15) is 0 Å². The van der Waals surface area contributed by atoms with E-state index < -0.39 is 5.54 Å². The highest BCUT2D eigenvalue weighted by molar-refractivity contribution is 5.85. The van der Waals surface area contributed by atoms with E-state index >= 15 is 0 Å². The third kappa shape index (κ3) is 7.73. The quantitative estimate of drug-likeness (QED) is 0.499. The number of amides is 1. The molecule has 0 bridgehead atoms. The van der Waals surface area contributed by atoms with E-state index in [0.717, 1.165) is 44.6 Å². The summed E-state index contributed by atoms with van der Waals surface area (Å²) in [6.45, 7) is 3.11. The standard InChI is InChI=1S/C23H44N2O2/c1-3-4-8-16-27-21-13-9-12-20(17-21)18-23(24,22(26)25-2)15-14-19-10-6-5-7-11-19/h19-21H,3-18,24H2,1-2H3,(H,25,26)/t20-,21-,23-/m1/s1. The SMILES string of the molecule is CCCCCO[C@@H]1CCC[C@@H](C[C@](N)(CCC2CCCCC2)C(=O)NC)C1. The lowest BCUT2D eigenvalue weighted by atomic mass is 9.74. The number of unbranched alkanes of at least 4 members (excludes halogenated alkanes) is 2. The first-order valence-corrected chi connectivity index (χ1v) is 11.7. The Labute approximate surface area is 167 Å². The van der Waals surface area contributed by atoms with E-state index in [0.29, 0.717) is 12.0 Å². The molecule has 27 heavy (non-hydrogen) atoms. The summed E-state index contributed by atoms with van der Waals surface area (Å²) in [5.41, 5.74) is 6.02. The van der Waals surface area contributed by atoms with Crippen molar-refractivity contribution in [3.8, 4) is 0 Å². The van der Waals surface area contributed by atoms with Crippen LogP contribution in [0.3, 0.4) is 0 Å². The Kier molecular flexibility index (Phi) is 10.1. The molecule has 158 valence electrons. The first-order valence-electron chi connectivity index (χ1n) is 11.7. The number of carbonyl (C=O) groups excluding carboxylic acids is 1. The number of nitrogens with two attached hydrogens (primary N) is 1. The molecule has 0 radical (unpaired) electrons. The summed E-state index contributed by atoms with van der Waals surface area (Å²) >= 11 is 0. The number of carbonyl (C=O) groups is 1. The van der Waals surface area contributed by atoms with E-state index in [-0.39, 0.29) is 5.91 Å². The lowest BCUT2D eigenvalue weighted by Crippen LogP contribution is -2.54. The number of likely N-dealkylation sites (N-methyl/N-ethyl adjacent to an activating group) is 1. The maximum Gasteiger partial charge on any atom is 0.239 e. The van der Waals surface area contributed by atoms with Crippen LogP contribution in [-0.4, -0.2) is 31.2 Å². The zero-order valence-electron chi connectivity index (χ0n) is 17.9. The number of rotatable bonds is 11. The zero-order chi connectivity index (χ0) is 19.5. The molecule has 2 saturated carbocycles. The van der Waals surface area contributed by atoms with Crippen molar-refractivity contribution in [2.24, 2.45) is 17.6 Å². The van der Waals surface area contributed by atoms with Crippen molar-refractivity contribution < 1.29 is 9.53 Å². The second-order valence-corrected chi connectivity index (χ2v) is 9.21. The maximum absolute atomic E-state index is 12.6. The molecule has 3 N–H and O–H groups in total. The van der Waals surface area contributed by atoms with E-state index in [2.05, 4.69) is 12.2 Å². The van der Waals surface area contributed by atoms with Crippen molar-refractivity contribution in [1.29, 1.82) is 0 Å². The van der Waals surface area contributed by atoms with Crippen LogP contribution in [0.25, 0.3) is 0 Å². The second kappa shape index (κ2) is 12.1. The molecule has 0 heterocycles. The molecule has 4 heteroatoms. The Morgan fingerprint density at radius 1 is 1.07 bits per heavy atom. The predicted octanol–water partition coefficient (Wildman–Crippen LogP) is 4.95. The van der Waals surface area contributed by atoms with Gasteiger partial charge < -0.3 is 15.8 Å². The van der Waals surface area contributed by atoms with Crippen molar-refractivity contribution in [2.75, 3.05) is 13.7 Å². The fourth-order valence-corrected chi connectivity index (χ4v) is 5.19. The van der Waals surface area contributed by atoms with Crippen molar-refractivity contribution in [1.82, 2.24) is 5.32 Å². The number of hydrogen-bond acceptors (Lipinski definition) is 3. The van der Waals surface area contributed by atoms with Crippen molar-refractivity contribution in [2.45, 2.75) is 115 Å². The van der Waals surface area contributed by atoms with Gasteiger partial charge in [0.05, 0.1) is 11.6 Å². The van der Waals surface area contributed by atoms with Gasteiger partial charge in [0.2, 0.25) is 5.91 Å². The minimum Gasteiger partial charge on any atom is -0.378 e. The third-order valence-electron chi connectivity index (χ3n) is 6.89. The van der Waals surface area contributed by atoms with Crippen LogP contribution < -0.4 is 11.1 Å². The van der Waals surface area contributed by atoms with Gasteiger partial charge in [0.15, 0.2) is 0 Å². The lowest BCUT2D eigenvalue weighted by molar-refractivity contribution is -0.127. The Hall–Kier alpha value is -0.610. The number of hydrogen-bond donors (Lipinski definition) is 2. The minimum absolute atomic E-state index is 0.0318. The minimum atomic E-state index is -0.707. The third-order valence-corrected chi connectivity index (χ3v) is 6.89. The molecule has 0 aromatic carbocycles. The molecule has 0 saturated heterocycles. The highest BCUT2D eigenvalue weighted by atomic mass is 16.5. The van der Waals surface area contributed by atoms with Gasteiger partial charge in [0.1, 0.15) is 0 Å². The molecule has 4 nitrogen and oxygen atoms in total. The largest absolute Gasteiger partial charge is 0.378 e. The fraction of sp³-hybridized carbons (Fsp3) is 0.957. The van der Waals surface area contributed by atoms with Crippen LogP contribution in [0.4, 0.5) is 0 Å². The van der Waals surface area contributed by atoms with Crippen molar-refractivity contribution >= 4 is 5.91 Å². The maximum atomic E-state index is 12.6. The summed E-state index contributed by atoms with van der Waals surface area (Å²) in [7, 11) is 1.73. The van der Waals surface area contributed by atoms with E-state index in [1.54, 1.807) is 7.05 Å². The monoisotopic (exact) mass is 380 g/mol. The molecule has 3 atom stereocenters. The smallest absolute Gasteiger partial charge is 0.239 e. The molecule has 2 aliphatic carbocycles. The summed E-state index contributed by atoms with van der Waals surface area (Å²) in [5.74, 6) is 1.32. The highest BCUT2D eigenvalue weighted by Gasteiger charge is 2.37. The average Bonchev–Trinajstić information content (AvgIpc) is 2.70. The molecule has 0 aromatic rings. The molecular weight excluding hydrogens is 336 g/mol. The van der Waals surface area contributed by atoms with Crippen LogP contribution in [0.15, 0.2) is 0 Å². The Balaban J connectivity index is 1.84. The van der Waals surface area contributed by atoms with E-state index in [4.69, 9.17) is 10.5 Å². The average molecular weight is 381 g/mol. The first kappa shape index (κ1) is 22.7. The van der Waals surface area contributed by atoms with Crippen molar-refractivity contribution in [3.63, 3.8) is 0 Å². The summed E-state index contributed by atoms with van der Waals surface area (Å²) < 4.78 is 6.13. The molecule has 1 amide bonds. The van der Waals surface area contributed by atoms with Gasteiger partial charge in [0, 0.05) is 13.7 Å². The van der Waals surface area contributed by atoms with E-state index in [1.165, 1.54) is 64.2 Å². The van der Waals surface area contributed by atoms with Gasteiger partial charge in [-0.1, -0.05) is 64.7 Å². The molecule has 0 spiro atoms. The Morgan fingerprint density at radius 2 is 1.81 bits per heavy atom. The van der Waals surface area contributed by atoms with Crippen LogP contribution in [-0.2, 0) is 9.53 Å². The van der Waals surface area contributed by atoms with Crippen LogP contribution in [0.1, 0.15) is 103 Å². The Morgan fingerprint density at radius 3 is 2.52 bits per heavy atom. The molecular formula is C23H44N2O2. The molecule has 2 rings (SSSR count). The van der Waals surface area contributed by atoms with Gasteiger partial charge in [0.25, 0.3) is 0 Å². The fourth-order valence-electron chi connectivity index (χ4n) is 5.19. The van der Waals surface area contributed by atoms with E-state index in [1.807, 2.05) is 0 Å². The highest BCUT2D eigenvalue weighted by Crippen LogP contribution is 2.35. The zero-order valence-corrected chi connectivity index (χ0v) is 17.9. The summed E-state index contributed by atoms with van der Waals surface area (Å²) in [5, 5.41) is 2.85. The number of nitrogens with one attached hydrogen (secondary N) is 1. The molecule has 2 fully saturated rings. The van der Waals surface area contributed by atoms with Gasteiger partial charge in [-0.15, -0.1) is 0 Å². The second-order valence-electron chi connectivity index (χ2n) is 9.21. The van der Waals surface area contributed by atoms with Crippen LogP contribution >= 0.6 is 0 Å². The van der Waals surface area contributed by atoms with Gasteiger partial charge >= 0.3 is 0 Å². The van der Waals surface area contributed by atoms with Crippen molar-refractivity contribution in [3.05, 3.63) is 0 Å². The summed E-state index contributed by atoms with van der Waals surface area (Å²) in [6.07, 6.45) is 18.1. The molecule has 0 aliphatic heterocycles. The van der Waals surface area contributed by atoms with Gasteiger partial charge in [-0.05, 0) is 50.4 Å². The van der Waals surface area contributed by atoms with Gasteiger partial charge in [-0.3, -0.25) is 4.79 Å². The van der Waals surface area contributed by atoms with E-state index in [9.17, 15) is 4.79 Å². The van der Waals surface area contributed by atoms with Crippen LogP contribution in [0, 0.1) is 11.8 Å². The first-order chi connectivity index (χ1) is 13.1. The Bertz CT molecular complexity index is 423. The predicted molar refractivity (Wildman–Crippen MR) is 113 cm³/mol. The topological polar surface area (TPSA) is 64.3 Å². The summed E-state index contributed by atoms with van der Waals surface area (Å²) in [6, 6.07) is 0. The normalized spacial score (nSPS) is 26.5. The lowest BCUT2D eigenvalue weighted by Gasteiger charge is -2.36. The number of ether oxygens (including phenoxy) is 1. The summed E-state index contributed by atoms with van der Waals surface area (Å²) in [4.78, 5) is 12.6.